The molecule has 0 spiro atoms. The van der Waals surface area contributed by atoms with E-state index in [0.29, 0.717) is 21.0 Å². The Hall–Kier alpha value is -2.29. The normalized spacial score (nSPS) is 18.0. The SMILES string of the molecule is CCC1=NN2C(=N)C(=Cc3ccc(Sc4ccc(Cl)cc4)o3)C(=O)N=C2S1. The first kappa shape index (κ1) is 18.1. The number of amides is 1. The van der Waals surface area contributed by atoms with Gasteiger partial charge in [0.05, 0.1) is 5.57 Å². The molecule has 0 aliphatic carbocycles. The molecule has 1 N–H and O–H groups in total. The molecule has 27 heavy (non-hydrogen) atoms. The fourth-order valence-corrected chi connectivity index (χ4v) is 4.13. The van der Waals surface area contributed by atoms with E-state index >= 15 is 0 Å². The molecule has 2 aliphatic heterocycles. The van der Waals surface area contributed by atoms with Crippen molar-refractivity contribution in [1.82, 2.24) is 5.01 Å². The molecule has 1 aromatic heterocycles. The minimum Gasteiger partial charge on any atom is -0.450 e. The van der Waals surface area contributed by atoms with Crippen molar-refractivity contribution in [3.8, 4) is 0 Å². The van der Waals surface area contributed by atoms with E-state index in [1.807, 2.05) is 37.3 Å². The van der Waals surface area contributed by atoms with Crippen LogP contribution in [-0.2, 0) is 4.79 Å². The quantitative estimate of drug-likeness (QED) is 0.700. The zero-order valence-electron chi connectivity index (χ0n) is 14.1. The third-order valence-corrected chi connectivity index (χ3v) is 5.95. The van der Waals surface area contributed by atoms with Gasteiger partial charge < -0.3 is 4.42 Å². The third kappa shape index (κ3) is 3.73. The molecule has 0 bridgehead atoms. The highest BCUT2D eigenvalue weighted by Crippen LogP contribution is 2.32. The van der Waals surface area contributed by atoms with Gasteiger partial charge in [-0.05, 0) is 60.7 Å². The van der Waals surface area contributed by atoms with E-state index in [9.17, 15) is 4.79 Å². The molecule has 6 nitrogen and oxygen atoms in total. The van der Waals surface area contributed by atoms with E-state index in [1.54, 1.807) is 6.07 Å². The first-order valence-electron chi connectivity index (χ1n) is 8.06. The van der Waals surface area contributed by atoms with Crippen LogP contribution in [-0.4, -0.2) is 27.0 Å². The average Bonchev–Trinajstić information content (AvgIpc) is 3.27. The number of halogens is 1. The summed E-state index contributed by atoms with van der Waals surface area (Å²) in [4.78, 5) is 17.4. The lowest BCUT2D eigenvalue weighted by Crippen LogP contribution is -2.35. The second-order valence-corrected chi connectivity index (χ2v) is 8.13. The fraction of sp³-hybridized carbons (Fsp3) is 0.111. The van der Waals surface area contributed by atoms with Crippen LogP contribution in [0.15, 0.2) is 66.5 Å². The monoisotopic (exact) mass is 416 g/mol. The molecule has 2 aromatic rings. The first-order valence-corrected chi connectivity index (χ1v) is 10.1. The number of nitrogens with zero attached hydrogens (tertiary/aromatic N) is 3. The predicted octanol–water partition coefficient (Wildman–Crippen LogP) is 5.11. The van der Waals surface area contributed by atoms with E-state index in [2.05, 4.69) is 10.1 Å². The molecule has 1 amide bonds. The van der Waals surface area contributed by atoms with Crippen molar-refractivity contribution in [3.63, 3.8) is 0 Å². The Bertz CT molecular complexity index is 1020. The van der Waals surface area contributed by atoms with Crippen molar-refractivity contribution in [2.45, 2.75) is 23.3 Å². The smallest absolute Gasteiger partial charge is 0.283 e. The summed E-state index contributed by atoms with van der Waals surface area (Å²) in [6.07, 6.45) is 2.26. The van der Waals surface area contributed by atoms with Crippen LogP contribution in [0.4, 0.5) is 0 Å². The summed E-state index contributed by atoms with van der Waals surface area (Å²) < 4.78 is 5.77. The maximum absolute atomic E-state index is 12.3. The molecule has 0 unspecified atom stereocenters. The number of rotatable bonds is 4. The summed E-state index contributed by atoms with van der Waals surface area (Å²) in [5.41, 5.74) is 0.151. The zero-order valence-corrected chi connectivity index (χ0v) is 16.5. The Morgan fingerprint density at radius 2 is 2.07 bits per heavy atom. The first-order chi connectivity index (χ1) is 13.0. The van der Waals surface area contributed by atoms with E-state index in [1.165, 1.54) is 34.6 Å². The molecule has 136 valence electrons. The highest BCUT2D eigenvalue weighted by atomic mass is 35.5. The van der Waals surface area contributed by atoms with Gasteiger partial charge >= 0.3 is 0 Å². The van der Waals surface area contributed by atoms with Gasteiger partial charge in [0, 0.05) is 9.92 Å². The van der Waals surface area contributed by atoms with Gasteiger partial charge in [0.2, 0.25) is 5.17 Å². The number of amidine groups is 2. The van der Waals surface area contributed by atoms with Crippen LogP contribution in [0.5, 0.6) is 0 Å². The molecular formula is C18H13ClN4O2S2. The molecule has 2 aliphatic rings. The molecule has 0 atom stereocenters. The highest BCUT2D eigenvalue weighted by molar-refractivity contribution is 8.26. The molecule has 0 fully saturated rings. The molecule has 0 saturated carbocycles. The van der Waals surface area contributed by atoms with Crippen LogP contribution < -0.4 is 0 Å². The fourth-order valence-electron chi connectivity index (χ4n) is 2.40. The number of hydrogen-bond donors (Lipinski definition) is 1. The number of aliphatic imine (C=N–C) groups is 1. The van der Waals surface area contributed by atoms with Crippen molar-refractivity contribution in [2.75, 3.05) is 0 Å². The molecule has 4 rings (SSSR count). The lowest BCUT2D eigenvalue weighted by atomic mass is 10.1. The van der Waals surface area contributed by atoms with Crippen LogP contribution in [0.2, 0.25) is 5.02 Å². The summed E-state index contributed by atoms with van der Waals surface area (Å²) in [5.74, 6) is 0.0172. The topological polar surface area (TPSA) is 82.0 Å². The lowest BCUT2D eigenvalue weighted by Gasteiger charge is -2.19. The van der Waals surface area contributed by atoms with E-state index in [4.69, 9.17) is 21.4 Å². The summed E-state index contributed by atoms with van der Waals surface area (Å²) in [5, 5.41) is 16.6. The van der Waals surface area contributed by atoms with Gasteiger partial charge in [0.15, 0.2) is 10.9 Å². The number of hydrogen-bond acceptors (Lipinski definition) is 6. The standard InChI is InChI=1S/C18H13ClN4O2S2/c1-2-14-22-23-16(20)13(17(24)21-18(23)27-14)9-11-5-8-15(25-11)26-12-6-3-10(19)4-7-12/h3-9,20H,2H2,1H3. The second kappa shape index (κ2) is 7.38. The minimum absolute atomic E-state index is 0.00394. The van der Waals surface area contributed by atoms with Gasteiger partial charge in [-0.1, -0.05) is 30.3 Å². The van der Waals surface area contributed by atoms with E-state index < -0.39 is 5.91 Å². The van der Waals surface area contributed by atoms with Crippen molar-refractivity contribution in [2.24, 2.45) is 10.1 Å². The Kier molecular flexibility index (Phi) is 4.94. The van der Waals surface area contributed by atoms with Crippen LogP contribution in [0, 0.1) is 5.41 Å². The Balaban J connectivity index is 1.56. The number of carbonyl (C=O) groups excluding carboxylic acids is 1. The van der Waals surface area contributed by atoms with Gasteiger partial charge in [-0.2, -0.15) is 15.1 Å². The number of furan rings is 1. The number of nitrogens with one attached hydrogen (secondary N) is 1. The van der Waals surface area contributed by atoms with Crippen LogP contribution in [0.1, 0.15) is 19.1 Å². The van der Waals surface area contributed by atoms with Gasteiger partial charge in [0.1, 0.15) is 10.8 Å². The molecule has 0 saturated heterocycles. The van der Waals surface area contributed by atoms with Gasteiger partial charge in [-0.3, -0.25) is 10.2 Å². The predicted molar refractivity (Wildman–Crippen MR) is 110 cm³/mol. The Morgan fingerprint density at radius 1 is 1.30 bits per heavy atom. The largest absolute Gasteiger partial charge is 0.450 e. The van der Waals surface area contributed by atoms with Crippen LogP contribution in [0.3, 0.4) is 0 Å². The van der Waals surface area contributed by atoms with Crippen molar-refractivity contribution < 1.29 is 9.21 Å². The van der Waals surface area contributed by atoms with Gasteiger partial charge in [-0.15, -0.1) is 0 Å². The molecule has 9 heteroatoms. The number of fused-ring (bicyclic) bond motifs is 1. The van der Waals surface area contributed by atoms with E-state index in [-0.39, 0.29) is 11.4 Å². The number of hydrazone groups is 1. The van der Waals surface area contributed by atoms with Crippen molar-refractivity contribution in [3.05, 3.63) is 52.8 Å². The highest BCUT2D eigenvalue weighted by Gasteiger charge is 2.35. The summed E-state index contributed by atoms with van der Waals surface area (Å²) in [6.45, 7) is 1.97. The van der Waals surface area contributed by atoms with Crippen LogP contribution >= 0.6 is 35.1 Å². The minimum atomic E-state index is -0.463. The van der Waals surface area contributed by atoms with Crippen molar-refractivity contribution >= 4 is 63.2 Å². The molecule has 1 aromatic carbocycles. The summed E-state index contributed by atoms with van der Waals surface area (Å²) in [6, 6.07) is 11.0. The summed E-state index contributed by atoms with van der Waals surface area (Å²) >= 11 is 8.65. The Morgan fingerprint density at radius 3 is 2.81 bits per heavy atom. The number of thioether (sulfide) groups is 1. The maximum Gasteiger partial charge on any atom is 0.283 e. The van der Waals surface area contributed by atoms with Gasteiger partial charge in [0.25, 0.3) is 5.91 Å². The average molecular weight is 417 g/mol. The maximum atomic E-state index is 12.3. The second-order valence-electron chi connectivity index (χ2n) is 5.58. The molecule has 0 radical (unpaired) electrons. The lowest BCUT2D eigenvalue weighted by molar-refractivity contribution is -0.114. The van der Waals surface area contributed by atoms with Gasteiger partial charge in [-0.25, -0.2) is 0 Å². The zero-order chi connectivity index (χ0) is 19.0. The van der Waals surface area contributed by atoms with E-state index in [0.717, 1.165) is 16.4 Å². The molecular weight excluding hydrogens is 404 g/mol. The van der Waals surface area contributed by atoms with Crippen LogP contribution in [0.25, 0.3) is 6.08 Å². The van der Waals surface area contributed by atoms with Crippen molar-refractivity contribution in [1.29, 1.82) is 5.41 Å². The third-order valence-electron chi connectivity index (χ3n) is 3.72. The Labute approximate surface area is 168 Å². The number of carbonyl (C=O) groups is 1. The summed E-state index contributed by atoms with van der Waals surface area (Å²) in [7, 11) is 0. The molecule has 3 heterocycles. The number of benzene rings is 1.